The zero-order valence-corrected chi connectivity index (χ0v) is 13.0. The van der Waals surface area contributed by atoms with E-state index < -0.39 is 68.0 Å². The highest BCUT2D eigenvalue weighted by Crippen LogP contribution is 2.25. The second-order valence-corrected chi connectivity index (χ2v) is 5.78. The molecule has 142 valence electrons. The summed E-state index contributed by atoms with van der Waals surface area (Å²) in [6, 6.07) is 0. The van der Waals surface area contributed by atoms with Gasteiger partial charge in [-0.3, -0.25) is 0 Å². The number of ether oxygens (including phenoxy) is 4. The van der Waals surface area contributed by atoms with Crippen LogP contribution in [-0.2, 0) is 18.9 Å². The molecule has 0 saturated carbocycles. The van der Waals surface area contributed by atoms with Crippen molar-refractivity contribution < 1.29 is 54.7 Å². The first-order valence-corrected chi connectivity index (χ1v) is 7.46. The lowest BCUT2D eigenvalue weighted by molar-refractivity contribution is -0.328. The lowest BCUT2D eigenvalue weighted by Crippen LogP contribution is -2.61. The standard InChI is InChI=1S/C13H24O11/c1-21-12-10(19)9(18)7(16)5(24-12)3-22-13-11(20)8(17)6(15)4(2-14)23-13/h4-20H,2-3H2,1H3/t4-,5-,6-,7-,8+,9+,10-,11-,12+,13+/m1/s1. The first-order chi connectivity index (χ1) is 11.3. The third-order valence-corrected chi connectivity index (χ3v) is 4.17. The van der Waals surface area contributed by atoms with Crippen LogP contribution in [0.4, 0.5) is 0 Å². The SMILES string of the molecule is CO[C@H]1O[C@H](CO[C@H]2O[C@H](CO)[C@@H](O)[C@H](O)[C@H]2O)[C@@H](O)[C@H](O)[C@H]1O. The molecule has 24 heavy (non-hydrogen) atoms. The fraction of sp³-hybridized carbons (Fsp3) is 1.00. The molecule has 0 bridgehead atoms. The Hall–Kier alpha value is -0.440. The summed E-state index contributed by atoms with van der Waals surface area (Å²) in [6.45, 7) is -0.989. The van der Waals surface area contributed by atoms with Crippen molar-refractivity contribution in [1.29, 1.82) is 0 Å². The first kappa shape index (κ1) is 19.9. The molecule has 2 saturated heterocycles. The number of rotatable bonds is 5. The lowest BCUT2D eigenvalue weighted by Gasteiger charge is -2.42. The highest BCUT2D eigenvalue weighted by Gasteiger charge is 2.47. The second kappa shape index (κ2) is 8.29. The maximum absolute atomic E-state index is 9.91. The van der Waals surface area contributed by atoms with E-state index in [4.69, 9.17) is 24.1 Å². The van der Waals surface area contributed by atoms with Crippen molar-refractivity contribution in [2.24, 2.45) is 0 Å². The Morgan fingerprint density at radius 1 is 0.708 bits per heavy atom. The Kier molecular flexibility index (Phi) is 6.87. The smallest absolute Gasteiger partial charge is 0.186 e. The molecule has 0 amide bonds. The fourth-order valence-electron chi connectivity index (χ4n) is 2.64. The maximum atomic E-state index is 9.91. The molecule has 0 spiro atoms. The molecule has 2 heterocycles. The number of hydrogen-bond donors (Lipinski definition) is 7. The van der Waals surface area contributed by atoms with Crippen molar-refractivity contribution in [2.75, 3.05) is 20.3 Å². The molecular weight excluding hydrogens is 332 g/mol. The summed E-state index contributed by atoms with van der Waals surface area (Å²) in [4.78, 5) is 0. The van der Waals surface area contributed by atoms with Gasteiger partial charge >= 0.3 is 0 Å². The molecule has 7 N–H and O–H groups in total. The van der Waals surface area contributed by atoms with Crippen LogP contribution in [-0.4, -0.2) is 117 Å². The third-order valence-electron chi connectivity index (χ3n) is 4.17. The minimum atomic E-state index is -1.60. The summed E-state index contributed by atoms with van der Waals surface area (Å²) in [6.07, 6.45) is -14.0. The van der Waals surface area contributed by atoms with E-state index in [1.165, 1.54) is 7.11 Å². The molecule has 0 unspecified atom stereocenters. The maximum Gasteiger partial charge on any atom is 0.186 e. The van der Waals surface area contributed by atoms with Gasteiger partial charge in [0.1, 0.15) is 48.8 Å². The average molecular weight is 356 g/mol. The fourth-order valence-corrected chi connectivity index (χ4v) is 2.64. The molecule has 2 aliphatic rings. The summed E-state index contributed by atoms with van der Waals surface area (Å²) >= 11 is 0. The van der Waals surface area contributed by atoms with E-state index in [0.29, 0.717) is 0 Å². The van der Waals surface area contributed by atoms with Crippen molar-refractivity contribution in [1.82, 2.24) is 0 Å². The van der Waals surface area contributed by atoms with Crippen LogP contribution >= 0.6 is 0 Å². The molecule has 0 aromatic carbocycles. The van der Waals surface area contributed by atoms with Gasteiger partial charge in [0.15, 0.2) is 12.6 Å². The van der Waals surface area contributed by atoms with Crippen LogP contribution in [0, 0.1) is 0 Å². The van der Waals surface area contributed by atoms with E-state index in [0.717, 1.165) is 0 Å². The van der Waals surface area contributed by atoms with Gasteiger partial charge in [-0.2, -0.15) is 0 Å². The normalized spacial score (nSPS) is 50.0. The highest BCUT2D eigenvalue weighted by molar-refractivity contribution is 4.91. The van der Waals surface area contributed by atoms with Gasteiger partial charge in [-0.05, 0) is 0 Å². The van der Waals surface area contributed by atoms with Crippen LogP contribution in [0.2, 0.25) is 0 Å². The number of methoxy groups -OCH3 is 1. The summed E-state index contributed by atoms with van der Waals surface area (Å²) in [5.74, 6) is 0. The van der Waals surface area contributed by atoms with E-state index in [1.807, 2.05) is 0 Å². The molecule has 2 aliphatic heterocycles. The number of aliphatic hydroxyl groups is 7. The van der Waals surface area contributed by atoms with E-state index in [9.17, 15) is 30.6 Å². The topological polar surface area (TPSA) is 179 Å². The molecule has 11 nitrogen and oxygen atoms in total. The zero-order valence-electron chi connectivity index (χ0n) is 13.0. The Balaban J connectivity index is 1.96. The Bertz CT molecular complexity index is 356. The molecule has 0 aromatic rings. The zero-order chi connectivity index (χ0) is 18.0. The van der Waals surface area contributed by atoms with Gasteiger partial charge in [0.25, 0.3) is 0 Å². The predicted molar refractivity (Wildman–Crippen MR) is 73.4 cm³/mol. The molecule has 2 rings (SSSR count). The summed E-state index contributed by atoms with van der Waals surface area (Å²) in [5, 5.41) is 67.6. The van der Waals surface area contributed by atoms with Crippen LogP contribution in [0.15, 0.2) is 0 Å². The second-order valence-electron chi connectivity index (χ2n) is 5.78. The van der Waals surface area contributed by atoms with E-state index in [-0.39, 0.29) is 6.61 Å². The summed E-state index contributed by atoms with van der Waals surface area (Å²) < 4.78 is 20.5. The number of aliphatic hydroxyl groups excluding tert-OH is 7. The minimum Gasteiger partial charge on any atom is -0.394 e. The van der Waals surface area contributed by atoms with Crippen LogP contribution < -0.4 is 0 Å². The van der Waals surface area contributed by atoms with Crippen molar-refractivity contribution in [3.8, 4) is 0 Å². The summed E-state index contributed by atoms with van der Waals surface area (Å²) in [5.41, 5.74) is 0. The van der Waals surface area contributed by atoms with Crippen molar-refractivity contribution in [2.45, 2.75) is 61.4 Å². The Labute approximate surface area is 137 Å². The number of hydrogen-bond acceptors (Lipinski definition) is 11. The van der Waals surface area contributed by atoms with Gasteiger partial charge in [-0.25, -0.2) is 0 Å². The molecule has 0 radical (unpaired) electrons. The third kappa shape index (κ3) is 3.86. The largest absolute Gasteiger partial charge is 0.394 e. The van der Waals surface area contributed by atoms with Gasteiger partial charge < -0.3 is 54.7 Å². The van der Waals surface area contributed by atoms with Gasteiger partial charge in [-0.15, -0.1) is 0 Å². The van der Waals surface area contributed by atoms with E-state index in [2.05, 4.69) is 0 Å². The van der Waals surface area contributed by atoms with Crippen LogP contribution in [0.3, 0.4) is 0 Å². The average Bonchev–Trinajstić information content (AvgIpc) is 2.58. The van der Waals surface area contributed by atoms with Crippen molar-refractivity contribution in [3.63, 3.8) is 0 Å². The molecular formula is C13H24O11. The van der Waals surface area contributed by atoms with E-state index in [1.54, 1.807) is 0 Å². The van der Waals surface area contributed by atoms with Gasteiger partial charge in [-0.1, -0.05) is 0 Å². The van der Waals surface area contributed by atoms with Gasteiger partial charge in [0.2, 0.25) is 0 Å². The Morgan fingerprint density at radius 2 is 1.21 bits per heavy atom. The molecule has 2 fully saturated rings. The minimum absolute atomic E-state index is 0.381. The predicted octanol–water partition coefficient (Wildman–Crippen LogP) is -4.74. The molecule has 0 aromatic heterocycles. The quantitative estimate of drug-likeness (QED) is 0.251. The molecule has 10 atom stereocenters. The first-order valence-electron chi connectivity index (χ1n) is 7.46. The lowest BCUT2D eigenvalue weighted by atomic mass is 9.98. The van der Waals surface area contributed by atoms with Gasteiger partial charge in [0.05, 0.1) is 13.2 Å². The van der Waals surface area contributed by atoms with Crippen molar-refractivity contribution >= 4 is 0 Å². The monoisotopic (exact) mass is 356 g/mol. The molecule has 11 heteroatoms. The van der Waals surface area contributed by atoms with Crippen LogP contribution in [0.25, 0.3) is 0 Å². The summed E-state index contributed by atoms with van der Waals surface area (Å²) in [7, 11) is 1.24. The van der Waals surface area contributed by atoms with Crippen LogP contribution in [0.1, 0.15) is 0 Å². The van der Waals surface area contributed by atoms with Crippen molar-refractivity contribution in [3.05, 3.63) is 0 Å². The highest BCUT2D eigenvalue weighted by atomic mass is 16.7. The van der Waals surface area contributed by atoms with E-state index >= 15 is 0 Å². The Morgan fingerprint density at radius 3 is 1.75 bits per heavy atom. The van der Waals surface area contributed by atoms with Crippen LogP contribution in [0.5, 0.6) is 0 Å². The van der Waals surface area contributed by atoms with Gasteiger partial charge in [0, 0.05) is 7.11 Å². The molecule has 0 aliphatic carbocycles.